The number of hydrogen-bond donors (Lipinski definition) is 1. The summed E-state index contributed by atoms with van der Waals surface area (Å²) in [6, 6.07) is 15.9. The Morgan fingerprint density at radius 2 is 1.93 bits per heavy atom. The zero-order valence-corrected chi connectivity index (χ0v) is 16.8. The second-order valence-electron chi connectivity index (χ2n) is 7.18. The molecule has 0 aliphatic carbocycles. The number of anilines is 1. The lowest BCUT2D eigenvalue weighted by Crippen LogP contribution is -2.14. The number of fused-ring (bicyclic) bond motifs is 1. The van der Waals surface area contributed by atoms with Crippen molar-refractivity contribution in [3.8, 4) is 0 Å². The number of para-hydroxylation sites is 1. The van der Waals surface area contributed by atoms with Gasteiger partial charge < -0.3 is 19.4 Å². The van der Waals surface area contributed by atoms with E-state index in [1.165, 1.54) is 0 Å². The summed E-state index contributed by atoms with van der Waals surface area (Å²) in [5.74, 6) is -0.0280. The molecule has 1 N–H and O–H groups in total. The Morgan fingerprint density at radius 1 is 1.11 bits per heavy atom. The number of amides is 1. The van der Waals surface area contributed by atoms with Crippen LogP contribution in [-0.4, -0.2) is 29.8 Å². The monoisotopic (exact) mass is 380 g/mol. The Labute approximate surface area is 166 Å². The second kappa shape index (κ2) is 9.53. The summed E-state index contributed by atoms with van der Waals surface area (Å²) in [6.45, 7) is 5.64. The highest BCUT2D eigenvalue weighted by atomic mass is 16.5. The first-order valence-corrected chi connectivity index (χ1v) is 9.64. The van der Waals surface area contributed by atoms with Gasteiger partial charge in [0.05, 0.1) is 32.3 Å². The maximum absolute atomic E-state index is 12.5. The van der Waals surface area contributed by atoms with Crippen LogP contribution in [0.15, 0.2) is 54.7 Å². The summed E-state index contributed by atoms with van der Waals surface area (Å²) in [6.07, 6.45) is 2.58. The zero-order valence-electron chi connectivity index (χ0n) is 16.8. The number of benzene rings is 2. The van der Waals surface area contributed by atoms with Crippen LogP contribution in [0, 0.1) is 0 Å². The van der Waals surface area contributed by atoms with E-state index in [0.29, 0.717) is 26.2 Å². The molecule has 0 atom stereocenters. The van der Waals surface area contributed by atoms with Crippen LogP contribution in [0.1, 0.15) is 25.0 Å². The number of rotatable bonds is 9. The van der Waals surface area contributed by atoms with Gasteiger partial charge in [-0.25, -0.2) is 0 Å². The first kappa shape index (κ1) is 20.1. The number of aromatic nitrogens is 1. The van der Waals surface area contributed by atoms with Crippen LogP contribution < -0.4 is 5.32 Å². The van der Waals surface area contributed by atoms with Gasteiger partial charge in [0.25, 0.3) is 0 Å². The molecule has 0 spiro atoms. The minimum absolute atomic E-state index is 0.0280. The fourth-order valence-electron chi connectivity index (χ4n) is 3.22. The lowest BCUT2D eigenvalue weighted by Gasteiger charge is -2.10. The quantitative estimate of drug-likeness (QED) is 0.563. The number of carbonyl (C=O) groups is 1. The Kier molecular flexibility index (Phi) is 6.85. The van der Waals surface area contributed by atoms with Gasteiger partial charge in [0, 0.05) is 29.8 Å². The van der Waals surface area contributed by atoms with Crippen LogP contribution in [0.25, 0.3) is 10.9 Å². The highest BCUT2D eigenvalue weighted by Gasteiger charge is 2.11. The molecule has 0 unspecified atom stereocenters. The predicted octanol–water partition coefficient (Wildman–Crippen LogP) is 4.30. The number of nitrogens with one attached hydrogen (secondary N) is 1. The van der Waals surface area contributed by atoms with Crippen molar-refractivity contribution in [1.29, 1.82) is 0 Å². The first-order chi connectivity index (χ1) is 13.5. The average Bonchev–Trinajstić information content (AvgIpc) is 2.97. The maximum Gasteiger partial charge on any atom is 0.228 e. The third-order valence-electron chi connectivity index (χ3n) is 4.49. The van der Waals surface area contributed by atoms with E-state index in [9.17, 15) is 4.79 Å². The van der Waals surface area contributed by atoms with Crippen LogP contribution in [0.2, 0.25) is 0 Å². The third-order valence-corrected chi connectivity index (χ3v) is 4.49. The summed E-state index contributed by atoms with van der Waals surface area (Å²) in [5.41, 5.74) is 3.96. The highest BCUT2D eigenvalue weighted by molar-refractivity contribution is 5.96. The molecule has 148 valence electrons. The normalized spacial score (nSPS) is 11.3. The SMILES string of the molecule is CC(C)OCCOCc1cccc(NC(=O)Cc2cn(C)c3ccccc23)c1. The van der Waals surface area contributed by atoms with Crippen molar-refractivity contribution in [2.45, 2.75) is 33.0 Å². The molecule has 0 aliphatic heterocycles. The van der Waals surface area contributed by atoms with Gasteiger partial charge in [0.1, 0.15) is 0 Å². The topological polar surface area (TPSA) is 52.5 Å². The van der Waals surface area contributed by atoms with E-state index in [4.69, 9.17) is 9.47 Å². The van der Waals surface area contributed by atoms with Gasteiger partial charge in [-0.2, -0.15) is 0 Å². The van der Waals surface area contributed by atoms with Crippen LogP contribution >= 0.6 is 0 Å². The molecule has 1 heterocycles. The third kappa shape index (κ3) is 5.44. The number of ether oxygens (including phenoxy) is 2. The summed E-state index contributed by atoms with van der Waals surface area (Å²) in [4.78, 5) is 12.5. The summed E-state index contributed by atoms with van der Waals surface area (Å²) < 4.78 is 13.2. The largest absolute Gasteiger partial charge is 0.376 e. The molecule has 0 saturated heterocycles. The summed E-state index contributed by atoms with van der Waals surface area (Å²) in [5, 5.41) is 4.11. The Bertz CT molecular complexity index is 930. The molecule has 2 aromatic carbocycles. The van der Waals surface area contributed by atoms with E-state index in [1.807, 2.05) is 63.5 Å². The Hall–Kier alpha value is -2.63. The lowest BCUT2D eigenvalue weighted by atomic mass is 10.1. The van der Waals surface area contributed by atoms with Crippen LogP contribution in [0.5, 0.6) is 0 Å². The summed E-state index contributed by atoms with van der Waals surface area (Å²) >= 11 is 0. The van der Waals surface area contributed by atoms with E-state index >= 15 is 0 Å². The molecule has 0 bridgehead atoms. The van der Waals surface area contributed by atoms with Crippen molar-refractivity contribution >= 4 is 22.5 Å². The molecule has 1 aromatic heterocycles. The molecule has 1 amide bonds. The number of carbonyl (C=O) groups excluding carboxylic acids is 1. The standard InChI is InChI=1S/C23H28N2O3/c1-17(2)28-12-11-27-16-18-7-6-8-20(13-18)24-23(26)14-19-15-25(3)22-10-5-4-9-21(19)22/h4-10,13,15,17H,11-12,14,16H2,1-3H3,(H,24,26). The molecule has 0 fully saturated rings. The van der Waals surface area contributed by atoms with Gasteiger partial charge in [-0.1, -0.05) is 30.3 Å². The molecular weight excluding hydrogens is 352 g/mol. The first-order valence-electron chi connectivity index (χ1n) is 9.64. The molecule has 3 aromatic rings. The Balaban J connectivity index is 1.55. The lowest BCUT2D eigenvalue weighted by molar-refractivity contribution is -0.115. The minimum atomic E-state index is -0.0280. The van der Waals surface area contributed by atoms with Crippen molar-refractivity contribution in [3.63, 3.8) is 0 Å². The van der Waals surface area contributed by atoms with Gasteiger partial charge in [0.15, 0.2) is 0 Å². The van der Waals surface area contributed by atoms with E-state index in [2.05, 4.69) is 22.0 Å². The van der Waals surface area contributed by atoms with Crippen LogP contribution in [-0.2, 0) is 34.3 Å². The van der Waals surface area contributed by atoms with Crippen LogP contribution in [0.4, 0.5) is 5.69 Å². The molecule has 0 aliphatic rings. The zero-order chi connectivity index (χ0) is 19.9. The molecule has 3 rings (SSSR count). The van der Waals surface area contributed by atoms with Gasteiger partial charge in [-0.15, -0.1) is 0 Å². The van der Waals surface area contributed by atoms with Crippen LogP contribution in [0.3, 0.4) is 0 Å². The second-order valence-corrected chi connectivity index (χ2v) is 7.18. The molecule has 0 radical (unpaired) electrons. The molecule has 28 heavy (non-hydrogen) atoms. The van der Waals surface area contributed by atoms with E-state index in [-0.39, 0.29) is 12.0 Å². The van der Waals surface area contributed by atoms with Crippen molar-refractivity contribution in [2.24, 2.45) is 7.05 Å². The van der Waals surface area contributed by atoms with Gasteiger partial charge in [-0.3, -0.25) is 4.79 Å². The molecule has 5 nitrogen and oxygen atoms in total. The fourth-order valence-corrected chi connectivity index (χ4v) is 3.22. The van der Waals surface area contributed by atoms with Crippen molar-refractivity contribution in [3.05, 3.63) is 65.9 Å². The summed E-state index contributed by atoms with van der Waals surface area (Å²) in [7, 11) is 2.00. The maximum atomic E-state index is 12.5. The van der Waals surface area contributed by atoms with Gasteiger partial charge in [0.2, 0.25) is 5.91 Å². The van der Waals surface area contributed by atoms with E-state index in [1.54, 1.807) is 0 Å². The fraction of sp³-hybridized carbons (Fsp3) is 0.348. The molecular formula is C23H28N2O3. The number of nitrogens with zero attached hydrogens (tertiary/aromatic N) is 1. The highest BCUT2D eigenvalue weighted by Crippen LogP contribution is 2.21. The van der Waals surface area contributed by atoms with Gasteiger partial charge >= 0.3 is 0 Å². The van der Waals surface area contributed by atoms with E-state index in [0.717, 1.165) is 27.7 Å². The molecule has 0 saturated carbocycles. The minimum Gasteiger partial charge on any atom is -0.376 e. The molecule has 5 heteroatoms. The van der Waals surface area contributed by atoms with Gasteiger partial charge in [-0.05, 0) is 43.2 Å². The van der Waals surface area contributed by atoms with E-state index < -0.39 is 0 Å². The number of aryl methyl sites for hydroxylation is 1. The van der Waals surface area contributed by atoms with Crippen molar-refractivity contribution in [1.82, 2.24) is 4.57 Å². The average molecular weight is 380 g/mol. The number of hydrogen-bond acceptors (Lipinski definition) is 3. The predicted molar refractivity (Wildman–Crippen MR) is 112 cm³/mol. The Morgan fingerprint density at radius 3 is 2.75 bits per heavy atom. The smallest absolute Gasteiger partial charge is 0.228 e. The van der Waals surface area contributed by atoms with Crippen molar-refractivity contribution < 1.29 is 14.3 Å². The van der Waals surface area contributed by atoms with Crippen molar-refractivity contribution in [2.75, 3.05) is 18.5 Å².